The number of benzene rings is 1. The molecule has 0 saturated heterocycles. The Hall–Kier alpha value is -1.32. The van der Waals surface area contributed by atoms with Crippen LogP contribution in [0.25, 0.3) is 0 Å². The lowest BCUT2D eigenvalue weighted by Gasteiger charge is -2.19. The molecule has 3 nitrogen and oxygen atoms in total. The summed E-state index contributed by atoms with van der Waals surface area (Å²) in [6.07, 6.45) is 5.10. The van der Waals surface area contributed by atoms with Gasteiger partial charge in [-0.25, -0.2) is 0 Å². The Morgan fingerprint density at radius 2 is 2.15 bits per heavy atom. The number of halogens is 1. The van der Waals surface area contributed by atoms with E-state index in [0.29, 0.717) is 0 Å². The Morgan fingerprint density at radius 3 is 2.75 bits per heavy atom. The highest BCUT2D eigenvalue weighted by Gasteiger charge is 2.18. The largest absolute Gasteiger partial charge is 0.306 e. The minimum atomic E-state index is 0.100. The van der Waals surface area contributed by atoms with Crippen LogP contribution in [0.5, 0.6) is 0 Å². The molecule has 0 amide bonds. The molecule has 0 spiro atoms. The maximum absolute atomic E-state index is 6.43. The molecule has 2 aromatic rings. The number of nitrogens with zero attached hydrogens (tertiary/aromatic N) is 2. The highest BCUT2D eigenvalue weighted by molar-refractivity contribution is 6.31. The average Bonchev–Trinajstić information content (AvgIpc) is 2.90. The highest BCUT2D eigenvalue weighted by atomic mass is 35.5. The normalized spacial score (nSPS) is 12.6. The van der Waals surface area contributed by atoms with E-state index in [1.165, 1.54) is 5.56 Å². The third-order valence-corrected chi connectivity index (χ3v) is 3.70. The number of nitrogens with one attached hydrogen (secondary N) is 1. The number of aryl methyl sites for hydroxylation is 2. The average molecular weight is 292 g/mol. The number of hydrogen-bond donors (Lipinski definition) is 1. The summed E-state index contributed by atoms with van der Waals surface area (Å²) in [6.45, 7) is 8.13. The summed E-state index contributed by atoms with van der Waals surface area (Å²) >= 11 is 6.43. The Balaban J connectivity index is 2.35. The molecule has 0 fully saturated rings. The van der Waals surface area contributed by atoms with E-state index in [4.69, 9.17) is 11.6 Å². The van der Waals surface area contributed by atoms with Crippen LogP contribution in [-0.2, 0) is 6.54 Å². The summed E-state index contributed by atoms with van der Waals surface area (Å²) in [5.74, 6) is 0. The maximum atomic E-state index is 6.43. The van der Waals surface area contributed by atoms with Crippen LogP contribution in [0.4, 0.5) is 0 Å². The van der Waals surface area contributed by atoms with Crippen molar-refractivity contribution in [1.29, 1.82) is 0 Å². The highest BCUT2D eigenvalue weighted by Crippen LogP contribution is 2.29. The SMILES string of the molecule is CCCNC(c1cnn(CC)c1)c1ccc(C)cc1Cl. The molecule has 0 aliphatic carbocycles. The first-order valence-corrected chi connectivity index (χ1v) is 7.55. The van der Waals surface area contributed by atoms with Gasteiger partial charge in [-0.3, -0.25) is 4.68 Å². The van der Waals surface area contributed by atoms with Gasteiger partial charge in [0.2, 0.25) is 0 Å². The molecule has 4 heteroatoms. The minimum Gasteiger partial charge on any atom is -0.306 e. The van der Waals surface area contributed by atoms with Crippen LogP contribution in [0.15, 0.2) is 30.6 Å². The van der Waals surface area contributed by atoms with E-state index in [-0.39, 0.29) is 6.04 Å². The van der Waals surface area contributed by atoms with Crippen LogP contribution in [0.3, 0.4) is 0 Å². The second-order valence-corrected chi connectivity index (χ2v) is 5.45. The third-order valence-electron chi connectivity index (χ3n) is 3.38. The molecule has 1 aromatic heterocycles. The van der Waals surface area contributed by atoms with Crippen molar-refractivity contribution in [3.05, 3.63) is 52.3 Å². The van der Waals surface area contributed by atoms with Gasteiger partial charge in [0.25, 0.3) is 0 Å². The van der Waals surface area contributed by atoms with Gasteiger partial charge in [0, 0.05) is 23.3 Å². The molecule has 0 bridgehead atoms. The minimum absolute atomic E-state index is 0.100. The lowest BCUT2D eigenvalue weighted by molar-refractivity contribution is 0.596. The van der Waals surface area contributed by atoms with E-state index in [0.717, 1.165) is 35.7 Å². The standard InChI is InChI=1S/C16H22ClN3/c1-4-8-18-16(13-10-19-20(5-2)11-13)14-7-6-12(3)9-15(14)17/h6-7,9-11,16,18H,4-5,8H2,1-3H3. The molecule has 0 aliphatic heterocycles. The van der Waals surface area contributed by atoms with Crippen molar-refractivity contribution in [2.24, 2.45) is 0 Å². The summed E-state index contributed by atoms with van der Waals surface area (Å²) in [4.78, 5) is 0. The molecule has 1 N–H and O–H groups in total. The van der Waals surface area contributed by atoms with Gasteiger partial charge in [-0.2, -0.15) is 5.10 Å². The third kappa shape index (κ3) is 3.41. The van der Waals surface area contributed by atoms with E-state index >= 15 is 0 Å². The molecule has 108 valence electrons. The first-order chi connectivity index (χ1) is 9.65. The molecule has 20 heavy (non-hydrogen) atoms. The van der Waals surface area contributed by atoms with Gasteiger partial charge in [-0.15, -0.1) is 0 Å². The van der Waals surface area contributed by atoms with Gasteiger partial charge in [0.05, 0.1) is 12.2 Å². The van der Waals surface area contributed by atoms with Crippen LogP contribution in [-0.4, -0.2) is 16.3 Å². The van der Waals surface area contributed by atoms with E-state index in [1.54, 1.807) is 0 Å². The number of aromatic nitrogens is 2. The molecule has 1 atom stereocenters. The van der Waals surface area contributed by atoms with Crippen molar-refractivity contribution in [3.63, 3.8) is 0 Å². The Labute approximate surface area is 126 Å². The van der Waals surface area contributed by atoms with Crippen LogP contribution in [0, 0.1) is 6.92 Å². The predicted octanol–water partition coefficient (Wildman–Crippen LogP) is 3.95. The van der Waals surface area contributed by atoms with E-state index < -0.39 is 0 Å². The van der Waals surface area contributed by atoms with E-state index in [1.807, 2.05) is 16.9 Å². The fraction of sp³-hybridized carbons (Fsp3) is 0.438. The molecule has 1 unspecified atom stereocenters. The summed E-state index contributed by atoms with van der Waals surface area (Å²) in [6, 6.07) is 6.32. The van der Waals surface area contributed by atoms with Crippen molar-refractivity contribution in [2.75, 3.05) is 6.54 Å². The van der Waals surface area contributed by atoms with Gasteiger partial charge in [-0.1, -0.05) is 30.7 Å². The lowest BCUT2D eigenvalue weighted by atomic mass is 10.00. The first-order valence-electron chi connectivity index (χ1n) is 7.17. The predicted molar refractivity (Wildman–Crippen MR) is 84.2 cm³/mol. The van der Waals surface area contributed by atoms with Crippen molar-refractivity contribution >= 4 is 11.6 Å². The monoisotopic (exact) mass is 291 g/mol. The van der Waals surface area contributed by atoms with Crippen molar-refractivity contribution in [3.8, 4) is 0 Å². The lowest BCUT2D eigenvalue weighted by Crippen LogP contribution is -2.23. The van der Waals surface area contributed by atoms with Crippen LogP contribution < -0.4 is 5.32 Å². The number of rotatable bonds is 6. The molecular formula is C16H22ClN3. The second-order valence-electron chi connectivity index (χ2n) is 5.04. The topological polar surface area (TPSA) is 29.9 Å². The molecule has 0 saturated carbocycles. The van der Waals surface area contributed by atoms with E-state index in [2.05, 4.69) is 49.5 Å². The van der Waals surface area contributed by atoms with Gasteiger partial charge in [0.15, 0.2) is 0 Å². The Kier molecular flexibility index (Phi) is 5.21. The van der Waals surface area contributed by atoms with Crippen LogP contribution >= 0.6 is 11.6 Å². The molecule has 2 rings (SSSR count). The van der Waals surface area contributed by atoms with Crippen molar-refractivity contribution < 1.29 is 0 Å². The second kappa shape index (κ2) is 6.91. The Morgan fingerprint density at radius 1 is 1.35 bits per heavy atom. The summed E-state index contributed by atoms with van der Waals surface area (Å²) in [5, 5.41) is 8.74. The fourth-order valence-corrected chi connectivity index (χ4v) is 2.61. The maximum Gasteiger partial charge on any atom is 0.0622 e. The fourth-order valence-electron chi connectivity index (χ4n) is 2.26. The molecule has 0 aliphatic rings. The zero-order chi connectivity index (χ0) is 14.5. The van der Waals surface area contributed by atoms with Gasteiger partial charge in [-0.05, 0) is 44.0 Å². The summed E-state index contributed by atoms with van der Waals surface area (Å²) in [7, 11) is 0. The molecule has 1 heterocycles. The van der Waals surface area contributed by atoms with Gasteiger partial charge >= 0.3 is 0 Å². The molecular weight excluding hydrogens is 270 g/mol. The first kappa shape index (κ1) is 15.1. The van der Waals surface area contributed by atoms with Gasteiger partial charge < -0.3 is 5.32 Å². The number of hydrogen-bond acceptors (Lipinski definition) is 2. The summed E-state index contributed by atoms with van der Waals surface area (Å²) < 4.78 is 1.94. The molecule has 1 aromatic carbocycles. The van der Waals surface area contributed by atoms with Gasteiger partial charge in [0.1, 0.15) is 0 Å². The van der Waals surface area contributed by atoms with Crippen molar-refractivity contribution in [2.45, 2.75) is 39.8 Å². The van der Waals surface area contributed by atoms with Crippen LogP contribution in [0.1, 0.15) is 43.0 Å². The zero-order valence-corrected chi connectivity index (χ0v) is 13.1. The Bertz CT molecular complexity index is 563. The zero-order valence-electron chi connectivity index (χ0n) is 12.4. The van der Waals surface area contributed by atoms with Crippen molar-refractivity contribution in [1.82, 2.24) is 15.1 Å². The smallest absolute Gasteiger partial charge is 0.0622 e. The van der Waals surface area contributed by atoms with E-state index in [9.17, 15) is 0 Å². The molecule has 0 radical (unpaired) electrons. The van der Waals surface area contributed by atoms with Crippen LogP contribution in [0.2, 0.25) is 5.02 Å². The summed E-state index contributed by atoms with van der Waals surface area (Å²) in [5.41, 5.74) is 3.45. The quantitative estimate of drug-likeness (QED) is 0.873.